The summed E-state index contributed by atoms with van der Waals surface area (Å²) in [7, 11) is 1.58. The highest BCUT2D eigenvalue weighted by molar-refractivity contribution is 5.92. The highest BCUT2D eigenvalue weighted by Gasteiger charge is 2.24. The SMILES string of the molecule is CCN(CC1COc2ccccc2O1)C(=O)C=Cc1cc(OC)c2c(c1)OCCO2. The van der Waals surface area contributed by atoms with Crippen LogP contribution in [0.3, 0.4) is 0 Å². The first-order valence-electron chi connectivity index (χ1n) is 10.0. The van der Waals surface area contributed by atoms with Gasteiger partial charge in [-0.05, 0) is 42.8 Å². The summed E-state index contributed by atoms with van der Waals surface area (Å²) in [5.74, 6) is 3.13. The van der Waals surface area contributed by atoms with E-state index in [1.165, 1.54) is 0 Å². The first-order valence-corrected chi connectivity index (χ1v) is 10.0. The minimum absolute atomic E-state index is 0.103. The van der Waals surface area contributed by atoms with Gasteiger partial charge in [0.15, 0.2) is 29.1 Å². The van der Waals surface area contributed by atoms with Crippen LogP contribution in [0, 0.1) is 0 Å². The van der Waals surface area contributed by atoms with Gasteiger partial charge >= 0.3 is 0 Å². The number of carbonyl (C=O) groups is 1. The number of amides is 1. The topological polar surface area (TPSA) is 66.5 Å². The van der Waals surface area contributed by atoms with Crippen LogP contribution < -0.4 is 23.7 Å². The van der Waals surface area contributed by atoms with Gasteiger partial charge in [0.25, 0.3) is 0 Å². The predicted octanol–water partition coefficient (Wildman–Crippen LogP) is 3.17. The molecule has 2 aromatic carbocycles. The molecule has 0 bridgehead atoms. The summed E-state index contributed by atoms with van der Waals surface area (Å²) >= 11 is 0. The Labute approximate surface area is 175 Å². The Morgan fingerprint density at radius 3 is 2.73 bits per heavy atom. The largest absolute Gasteiger partial charge is 0.493 e. The molecule has 0 radical (unpaired) electrons. The maximum Gasteiger partial charge on any atom is 0.246 e. The molecule has 1 amide bonds. The number of carbonyl (C=O) groups excluding carboxylic acids is 1. The lowest BCUT2D eigenvalue weighted by Crippen LogP contribution is -2.43. The molecule has 1 atom stereocenters. The number of likely N-dealkylation sites (N-methyl/N-ethyl adjacent to an activating group) is 1. The molecule has 0 aromatic heterocycles. The predicted molar refractivity (Wildman–Crippen MR) is 112 cm³/mol. The molecule has 158 valence electrons. The average molecular weight is 411 g/mol. The third-order valence-electron chi connectivity index (χ3n) is 4.95. The summed E-state index contributed by atoms with van der Waals surface area (Å²) < 4.78 is 28.4. The lowest BCUT2D eigenvalue weighted by molar-refractivity contribution is -0.127. The van der Waals surface area contributed by atoms with Gasteiger partial charge in [-0.15, -0.1) is 0 Å². The second-order valence-electron chi connectivity index (χ2n) is 6.96. The van der Waals surface area contributed by atoms with Crippen LogP contribution in [-0.2, 0) is 4.79 Å². The van der Waals surface area contributed by atoms with Crippen molar-refractivity contribution in [2.45, 2.75) is 13.0 Å². The van der Waals surface area contributed by atoms with Crippen LogP contribution in [0.25, 0.3) is 6.08 Å². The number of methoxy groups -OCH3 is 1. The van der Waals surface area contributed by atoms with Crippen molar-refractivity contribution in [1.29, 1.82) is 0 Å². The average Bonchev–Trinajstić information content (AvgIpc) is 2.80. The minimum atomic E-state index is -0.216. The van der Waals surface area contributed by atoms with Crippen molar-refractivity contribution in [2.24, 2.45) is 0 Å². The molecule has 0 aliphatic carbocycles. The van der Waals surface area contributed by atoms with Gasteiger partial charge in [0.05, 0.1) is 13.7 Å². The van der Waals surface area contributed by atoms with E-state index in [4.69, 9.17) is 23.7 Å². The van der Waals surface area contributed by atoms with E-state index >= 15 is 0 Å². The van der Waals surface area contributed by atoms with Gasteiger partial charge in [0, 0.05) is 12.6 Å². The fraction of sp³-hybridized carbons (Fsp3) is 0.348. The fourth-order valence-corrected chi connectivity index (χ4v) is 3.44. The molecule has 0 fully saturated rings. The molecule has 7 heteroatoms. The molecule has 30 heavy (non-hydrogen) atoms. The molecule has 2 heterocycles. The van der Waals surface area contributed by atoms with Crippen molar-refractivity contribution >= 4 is 12.0 Å². The number of benzene rings is 2. The number of rotatable bonds is 6. The van der Waals surface area contributed by atoms with Crippen molar-refractivity contribution in [3.63, 3.8) is 0 Å². The second-order valence-corrected chi connectivity index (χ2v) is 6.96. The number of hydrogen-bond donors (Lipinski definition) is 0. The van der Waals surface area contributed by atoms with Gasteiger partial charge in [0.2, 0.25) is 11.7 Å². The van der Waals surface area contributed by atoms with Crippen molar-refractivity contribution in [1.82, 2.24) is 4.90 Å². The molecule has 7 nitrogen and oxygen atoms in total. The third kappa shape index (κ3) is 4.30. The zero-order valence-corrected chi connectivity index (χ0v) is 17.1. The van der Waals surface area contributed by atoms with E-state index in [2.05, 4.69) is 0 Å². The van der Waals surface area contributed by atoms with Crippen LogP contribution in [0.1, 0.15) is 12.5 Å². The van der Waals surface area contributed by atoms with Gasteiger partial charge in [-0.1, -0.05) is 12.1 Å². The van der Waals surface area contributed by atoms with Crippen LogP contribution in [-0.4, -0.2) is 56.9 Å². The van der Waals surface area contributed by atoms with Crippen molar-refractivity contribution in [3.05, 3.63) is 48.0 Å². The standard InChI is InChI=1S/C23H25NO6/c1-3-24(14-17-15-29-18-6-4-5-7-19(18)30-17)22(25)9-8-16-12-20(26-2)23-21(13-16)27-10-11-28-23/h4-9,12-13,17H,3,10-11,14-15H2,1-2H3. The number of para-hydroxylation sites is 2. The number of nitrogens with zero attached hydrogens (tertiary/aromatic N) is 1. The van der Waals surface area contributed by atoms with E-state index in [1.807, 2.05) is 43.3 Å². The lowest BCUT2D eigenvalue weighted by atomic mass is 10.1. The van der Waals surface area contributed by atoms with Crippen LogP contribution in [0.4, 0.5) is 0 Å². The molecule has 4 rings (SSSR count). The molecule has 2 aromatic rings. The van der Waals surface area contributed by atoms with Crippen molar-refractivity contribution in [2.75, 3.05) is 40.0 Å². The Morgan fingerprint density at radius 2 is 1.93 bits per heavy atom. The van der Waals surface area contributed by atoms with Crippen LogP contribution >= 0.6 is 0 Å². The Bertz CT molecular complexity index is 924. The van der Waals surface area contributed by atoms with Crippen LogP contribution in [0.5, 0.6) is 28.7 Å². The van der Waals surface area contributed by atoms with E-state index in [9.17, 15) is 4.79 Å². The second kappa shape index (κ2) is 8.98. The molecule has 0 N–H and O–H groups in total. The third-order valence-corrected chi connectivity index (χ3v) is 4.95. The van der Waals surface area contributed by atoms with Gasteiger partial charge in [-0.3, -0.25) is 4.79 Å². The van der Waals surface area contributed by atoms with E-state index in [1.54, 1.807) is 24.2 Å². The highest BCUT2D eigenvalue weighted by Crippen LogP contribution is 2.40. The summed E-state index contributed by atoms with van der Waals surface area (Å²) in [5.41, 5.74) is 0.798. The first kappa shape index (κ1) is 19.9. The van der Waals surface area contributed by atoms with Crippen molar-refractivity contribution < 1.29 is 28.5 Å². The van der Waals surface area contributed by atoms with Crippen LogP contribution in [0.2, 0.25) is 0 Å². The van der Waals surface area contributed by atoms with E-state index < -0.39 is 0 Å². The maximum absolute atomic E-state index is 12.8. The van der Waals surface area contributed by atoms with Gasteiger partial charge in [0.1, 0.15) is 19.8 Å². The molecule has 1 unspecified atom stereocenters. The van der Waals surface area contributed by atoms with Gasteiger partial charge < -0.3 is 28.6 Å². The molecular formula is C23H25NO6. The van der Waals surface area contributed by atoms with E-state index in [0.29, 0.717) is 55.9 Å². The summed E-state index contributed by atoms with van der Waals surface area (Å²) in [6, 6.07) is 11.2. The quantitative estimate of drug-likeness (QED) is 0.681. The van der Waals surface area contributed by atoms with Crippen molar-refractivity contribution in [3.8, 4) is 28.7 Å². The maximum atomic E-state index is 12.8. The Kier molecular flexibility index (Phi) is 5.97. The lowest BCUT2D eigenvalue weighted by Gasteiger charge is -2.30. The molecule has 2 aliphatic heterocycles. The molecule has 0 saturated heterocycles. The summed E-state index contributed by atoms with van der Waals surface area (Å²) in [6.45, 7) is 4.33. The first-order chi connectivity index (χ1) is 14.7. The van der Waals surface area contributed by atoms with E-state index in [-0.39, 0.29) is 12.0 Å². The monoisotopic (exact) mass is 411 g/mol. The summed E-state index contributed by atoms with van der Waals surface area (Å²) in [5, 5.41) is 0. The number of fused-ring (bicyclic) bond motifs is 2. The zero-order chi connectivity index (χ0) is 20.9. The smallest absolute Gasteiger partial charge is 0.246 e. The Balaban J connectivity index is 1.43. The van der Waals surface area contributed by atoms with Gasteiger partial charge in [-0.25, -0.2) is 0 Å². The molecule has 0 saturated carbocycles. The van der Waals surface area contributed by atoms with Gasteiger partial charge in [-0.2, -0.15) is 0 Å². The Morgan fingerprint density at radius 1 is 1.13 bits per heavy atom. The normalized spacial score (nSPS) is 16.9. The zero-order valence-electron chi connectivity index (χ0n) is 17.1. The van der Waals surface area contributed by atoms with E-state index in [0.717, 1.165) is 11.3 Å². The van der Waals surface area contributed by atoms with Crippen LogP contribution in [0.15, 0.2) is 42.5 Å². The summed E-state index contributed by atoms with van der Waals surface area (Å²) in [6.07, 6.45) is 3.08. The Hall–Kier alpha value is -3.35. The summed E-state index contributed by atoms with van der Waals surface area (Å²) in [4.78, 5) is 14.5. The highest BCUT2D eigenvalue weighted by atomic mass is 16.6. The number of ether oxygens (including phenoxy) is 5. The minimum Gasteiger partial charge on any atom is -0.493 e. The number of hydrogen-bond acceptors (Lipinski definition) is 6. The molecule has 2 aliphatic rings. The molecule has 0 spiro atoms. The fourth-order valence-electron chi connectivity index (χ4n) is 3.44. The molecular weight excluding hydrogens is 386 g/mol.